The summed E-state index contributed by atoms with van der Waals surface area (Å²) in [5.41, 5.74) is 11.7. The molecule has 2 aromatic heterocycles. The van der Waals surface area contributed by atoms with Gasteiger partial charge in [-0.2, -0.15) is 0 Å². The zero-order valence-electron chi connectivity index (χ0n) is 24.8. The molecule has 214 valence electrons. The standard InChI is InChI=1S/C36H35FN2O3/c1-7-25-16-26(11-10-20(25)2)27-12-13-38-33(17-27)21(3)15-30-23(5)39-24(6)31(19-34(40)41)35(30)29-18-32(37)36-28(22(29)4)9-8-14-42-36/h7,10-13,15-18H,1,8-9,14,19H2,2-6H3,(H,40,41)/b21-15+. The maximum atomic E-state index is 15.4. The van der Waals surface area contributed by atoms with Crippen LogP contribution in [-0.2, 0) is 17.6 Å². The molecule has 0 saturated heterocycles. The van der Waals surface area contributed by atoms with Gasteiger partial charge in [0.2, 0.25) is 0 Å². The van der Waals surface area contributed by atoms with E-state index >= 15 is 4.39 Å². The van der Waals surface area contributed by atoms with Crippen LogP contribution >= 0.6 is 0 Å². The molecule has 0 radical (unpaired) electrons. The topological polar surface area (TPSA) is 72.3 Å². The van der Waals surface area contributed by atoms with Gasteiger partial charge < -0.3 is 9.84 Å². The number of carboxylic acid groups (broad SMARTS) is 1. The van der Waals surface area contributed by atoms with Gasteiger partial charge in [0.15, 0.2) is 11.6 Å². The van der Waals surface area contributed by atoms with E-state index in [1.807, 2.05) is 52.0 Å². The quantitative estimate of drug-likeness (QED) is 0.245. The van der Waals surface area contributed by atoms with Gasteiger partial charge in [-0.3, -0.25) is 14.8 Å². The van der Waals surface area contributed by atoms with E-state index in [2.05, 4.69) is 36.7 Å². The number of benzene rings is 2. The van der Waals surface area contributed by atoms with Gasteiger partial charge >= 0.3 is 5.97 Å². The van der Waals surface area contributed by atoms with Crippen molar-refractivity contribution < 1.29 is 19.0 Å². The lowest BCUT2D eigenvalue weighted by Crippen LogP contribution is -2.14. The number of nitrogens with zero attached hydrogens (tertiary/aromatic N) is 2. The summed E-state index contributed by atoms with van der Waals surface area (Å²) in [6.45, 7) is 14.1. The first kappa shape index (κ1) is 28.9. The van der Waals surface area contributed by atoms with Crippen LogP contribution in [0.1, 0.15) is 63.8 Å². The van der Waals surface area contributed by atoms with Crippen LogP contribution in [0.5, 0.6) is 5.75 Å². The Labute approximate surface area is 246 Å². The molecule has 0 spiro atoms. The molecule has 42 heavy (non-hydrogen) atoms. The van der Waals surface area contributed by atoms with E-state index in [1.54, 1.807) is 6.20 Å². The van der Waals surface area contributed by atoms with Crippen molar-refractivity contribution in [2.75, 3.05) is 6.61 Å². The maximum Gasteiger partial charge on any atom is 0.307 e. The lowest BCUT2D eigenvalue weighted by molar-refractivity contribution is -0.136. The van der Waals surface area contributed by atoms with E-state index in [0.29, 0.717) is 41.2 Å². The number of hydrogen-bond donors (Lipinski definition) is 1. The third kappa shape index (κ3) is 5.49. The van der Waals surface area contributed by atoms with Crippen molar-refractivity contribution in [1.82, 2.24) is 9.97 Å². The van der Waals surface area contributed by atoms with Crippen molar-refractivity contribution >= 4 is 23.7 Å². The maximum absolute atomic E-state index is 15.4. The molecule has 0 amide bonds. The van der Waals surface area contributed by atoms with E-state index in [4.69, 9.17) is 9.72 Å². The van der Waals surface area contributed by atoms with Crippen LogP contribution in [0.3, 0.4) is 0 Å². The predicted molar refractivity (Wildman–Crippen MR) is 167 cm³/mol. The van der Waals surface area contributed by atoms with Crippen molar-refractivity contribution in [2.24, 2.45) is 0 Å². The monoisotopic (exact) mass is 562 g/mol. The Morgan fingerprint density at radius 1 is 1.10 bits per heavy atom. The number of ether oxygens (including phenoxy) is 1. The Bertz CT molecular complexity index is 1770. The minimum absolute atomic E-state index is 0.226. The Morgan fingerprint density at radius 3 is 2.60 bits per heavy atom. The fourth-order valence-electron chi connectivity index (χ4n) is 5.83. The fourth-order valence-corrected chi connectivity index (χ4v) is 5.83. The van der Waals surface area contributed by atoms with Crippen LogP contribution in [0, 0.1) is 33.5 Å². The van der Waals surface area contributed by atoms with Crippen LogP contribution in [-0.4, -0.2) is 27.7 Å². The summed E-state index contributed by atoms with van der Waals surface area (Å²) >= 11 is 0. The Morgan fingerprint density at radius 2 is 1.86 bits per heavy atom. The van der Waals surface area contributed by atoms with Gasteiger partial charge in [-0.15, -0.1) is 0 Å². The number of allylic oxidation sites excluding steroid dienone is 1. The average Bonchev–Trinajstić information content (AvgIpc) is 2.98. The Hall–Kier alpha value is -4.58. The van der Waals surface area contributed by atoms with Gasteiger partial charge in [0, 0.05) is 28.7 Å². The molecular formula is C36H35FN2O3. The van der Waals surface area contributed by atoms with E-state index in [9.17, 15) is 9.90 Å². The lowest BCUT2D eigenvalue weighted by atomic mass is 9.85. The molecule has 0 bridgehead atoms. The third-order valence-electron chi connectivity index (χ3n) is 8.12. The molecule has 2 aromatic carbocycles. The van der Waals surface area contributed by atoms with Crippen LogP contribution in [0.15, 0.2) is 49.2 Å². The van der Waals surface area contributed by atoms with Crippen LogP contribution in [0.25, 0.3) is 40.0 Å². The molecular weight excluding hydrogens is 527 g/mol. The Kier molecular flexibility index (Phi) is 8.08. The summed E-state index contributed by atoms with van der Waals surface area (Å²) < 4.78 is 21.1. The highest BCUT2D eigenvalue weighted by atomic mass is 19.1. The molecule has 1 aliphatic rings. The lowest BCUT2D eigenvalue weighted by Gasteiger charge is -2.24. The smallest absolute Gasteiger partial charge is 0.307 e. The molecule has 4 aromatic rings. The van der Waals surface area contributed by atoms with Crippen molar-refractivity contribution in [3.05, 3.63) is 105 Å². The average molecular weight is 563 g/mol. The van der Waals surface area contributed by atoms with E-state index in [0.717, 1.165) is 62.3 Å². The fraction of sp³-hybridized carbons (Fsp3) is 0.250. The molecule has 3 heterocycles. The molecule has 5 rings (SSSR count). The number of halogens is 1. The molecule has 0 atom stereocenters. The molecule has 0 fully saturated rings. The normalized spacial score (nSPS) is 13.0. The summed E-state index contributed by atoms with van der Waals surface area (Å²) in [7, 11) is 0. The van der Waals surface area contributed by atoms with Crippen molar-refractivity contribution in [3.63, 3.8) is 0 Å². The highest BCUT2D eigenvalue weighted by Gasteiger charge is 2.25. The van der Waals surface area contributed by atoms with Crippen molar-refractivity contribution in [2.45, 2.75) is 53.9 Å². The van der Waals surface area contributed by atoms with Crippen LogP contribution < -0.4 is 4.74 Å². The number of aromatic nitrogens is 2. The minimum atomic E-state index is -0.970. The zero-order chi connectivity index (χ0) is 30.1. The number of carbonyl (C=O) groups is 1. The molecule has 0 unspecified atom stereocenters. The summed E-state index contributed by atoms with van der Waals surface area (Å²) in [5, 5.41) is 9.84. The summed E-state index contributed by atoms with van der Waals surface area (Å²) in [5.74, 6) is -1.10. The van der Waals surface area contributed by atoms with Gasteiger partial charge in [0.05, 0.1) is 18.7 Å². The molecule has 5 nitrogen and oxygen atoms in total. The number of aliphatic carboxylic acids is 1. The second-order valence-electron chi connectivity index (χ2n) is 10.9. The summed E-state index contributed by atoms with van der Waals surface area (Å²) in [4.78, 5) is 21.4. The number of pyridine rings is 2. The summed E-state index contributed by atoms with van der Waals surface area (Å²) in [6, 6.07) is 11.8. The SMILES string of the molecule is C=Cc1cc(-c2ccnc(/C(C)=C/c3c(C)nc(C)c(CC(=O)O)c3-c3cc(F)c4c(c3C)CCCO4)c2)ccc1C. The molecule has 0 saturated carbocycles. The van der Waals surface area contributed by atoms with Gasteiger partial charge in [-0.25, -0.2) is 4.39 Å². The number of rotatable bonds is 7. The largest absolute Gasteiger partial charge is 0.490 e. The second kappa shape index (κ2) is 11.7. The van der Waals surface area contributed by atoms with Crippen LogP contribution in [0.2, 0.25) is 0 Å². The number of aryl methyl sites for hydroxylation is 3. The van der Waals surface area contributed by atoms with Crippen molar-refractivity contribution in [3.8, 4) is 28.0 Å². The predicted octanol–water partition coefficient (Wildman–Crippen LogP) is 8.34. The number of hydrogen-bond acceptors (Lipinski definition) is 4. The summed E-state index contributed by atoms with van der Waals surface area (Å²) in [6.07, 6.45) is 6.91. The molecule has 0 aliphatic carbocycles. The van der Waals surface area contributed by atoms with Gasteiger partial charge in [-0.05, 0) is 128 Å². The van der Waals surface area contributed by atoms with Gasteiger partial charge in [0.1, 0.15) is 0 Å². The third-order valence-corrected chi connectivity index (χ3v) is 8.12. The first-order chi connectivity index (χ1) is 20.1. The van der Waals surface area contributed by atoms with Gasteiger partial charge in [0.25, 0.3) is 0 Å². The molecule has 1 N–H and O–H groups in total. The van der Waals surface area contributed by atoms with Gasteiger partial charge in [-0.1, -0.05) is 24.8 Å². The van der Waals surface area contributed by atoms with Crippen molar-refractivity contribution in [1.29, 1.82) is 0 Å². The second-order valence-corrected chi connectivity index (χ2v) is 10.9. The highest BCUT2D eigenvalue weighted by molar-refractivity contribution is 5.91. The first-order valence-corrected chi connectivity index (χ1v) is 14.1. The highest BCUT2D eigenvalue weighted by Crippen LogP contribution is 2.42. The zero-order valence-corrected chi connectivity index (χ0v) is 24.8. The molecule has 6 heteroatoms. The number of fused-ring (bicyclic) bond motifs is 1. The Balaban J connectivity index is 1.71. The number of carboxylic acids is 1. The van der Waals surface area contributed by atoms with E-state index in [-0.39, 0.29) is 6.42 Å². The van der Waals surface area contributed by atoms with E-state index < -0.39 is 11.8 Å². The first-order valence-electron chi connectivity index (χ1n) is 14.1. The van der Waals surface area contributed by atoms with E-state index in [1.165, 1.54) is 6.07 Å². The molecule has 1 aliphatic heterocycles. The van der Waals surface area contributed by atoms with Crippen LogP contribution in [0.4, 0.5) is 4.39 Å². The minimum Gasteiger partial charge on any atom is -0.490 e.